The first-order valence-corrected chi connectivity index (χ1v) is 7.97. The van der Waals surface area contributed by atoms with E-state index < -0.39 is 0 Å². The van der Waals surface area contributed by atoms with Crippen molar-refractivity contribution in [2.75, 3.05) is 40.3 Å². The lowest BCUT2D eigenvalue weighted by Gasteiger charge is -2.25. The Balaban J connectivity index is 2.10. The molecule has 2 rings (SSSR count). The number of hydrogen-bond donors (Lipinski definition) is 0. The van der Waals surface area contributed by atoms with Gasteiger partial charge in [-0.25, -0.2) is 4.98 Å². The van der Waals surface area contributed by atoms with Crippen molar-refractivity contribution in [2.45, 2.75) is 13.5 Å². The fourth-order valence-corrected chi connectivity index (χ4v) is 3.13. The van der Waals surface area contributed by atoms with Gasteiger partial charge in [-0.2, -0.15) is 0 Å². The molecule has 21 heavy (non-hydrogen) atoms. The SMILES string of the molecule is CC(=O)N1CCN(Cc2cscn2)C[C@@H](C(=O)N(C)C)C1. The van der Waals surface area contributed by atoms with Gasteiger partial charge in [-0.15, -0.1) is 11.3 Å². The van der Waals surface area contributed by atoms with Crippen molar-refractivity contribution in [3.63, 3.8) is 0 Å². The first kappa shape index (κ1) is 15.9. The van der Waals surface area contributed by atoms with Crippen LogP contribution in [0.4, 0.5) is 0 Å². The molecule has 1 aliphatic heterocycles. The van der Waals surface area contributed by atoms with Gasteiger partial charge in [0.05, 0.1) is 17.1 Å². The molecule has 0 aromatic carbocycles. The second-order valence-electron chi connectivity index (χ2n) is 5.61. The number of nitrogens with zero attached hydrogens (tertiary/aromatic N) is 4. The third kappa shape index (κ3) is 4.25. The molecule has 1 aromatic heterocycles. The van der Waals surface area contributed by atoms with Crippen LogP contribution in [0.2, 0.25) is 0 Å². The van der Waals surface area contributed by atoms with Crippen LogP contribution < -0.4 is 0 Å². The van der Waals surface area contributed by atoms with Gasteiger partial charge < -0.3 is 9.80 Å². The summed E-state index contributed by atoms with van der Waals surface area (Å²) in [6.45, 7) is 4.89. The average molecular weight is 310 g/mol. The van der Waals surface area contributed by atoms with Crippen LogP contribution in [0.15, 0.2) is 10.9 Å². The number of hydrogen-bond acceptors (Lipinski definition) is 5. The van der Waals surface area contributed by atoms with E-state index in [1.165, 1.54) is 0 Å². The predicted molar refractivity (Wildman–Crippen MR) is 81.8 cm³/mol. The molecule has 0 unspecified atom stereocenters. The summed E-state index contributed by atoms with van der Waals surface area (Å²) < 4.78 is 0. The lowest BCUT2D eigenvalue weighted by molar-refractivity contribution is -0.135. The molecule has 6 nitrogen and oxygen atoms in total. The van der Waals surface area contributed by atoms with Gasteiger partial charge in [-0.05, 0) is 0 Å². The van der Waals surface area contributed by atoms with Crippen LogP contribution in [0.1, 0.15) is 12.6 Å². The Morgan fingerprint density at radius 1 is 1.38 bits per heavy atom. The van der Waals surface area contributed by atoms with Crippen molar-refractivity contribution in [3.8, 4) is 0 Å². The maximum Gasteiger partial charge on any atom is 0.228 e. The standard InChI is InChI=1S/C14H22N4O2S/c1-11(19)18-5-4-17(8-13-9-21-10-15-13)6-12(7-18)14(20)16(2)3/h9-10,12H,4-8H2,1-3H3/t12-/m1/s1. The summed E-state index contributed by atoms with van der Waals surface area (Å²) in [5.41, 5.74) is 2.84. The Kier molecular flexibility index (Phi) is 5.30. The number of aromatic nitrogens is 1. The average Bonchev–Trinajstić information content (AvgIpc) is 2.83. The molecule has 0 aliphatic carbocycles. The highest BCUT2D eigenvalue weighted by Gasteiger charge is 2.30. The smallest absolute Gasteiger partial charge is 0.228 e. The monoisotopic (exact) mass is 310 g/mol. The van der Waals surface area contributed by atoms with Crippen molar-refractivity contribution in [1.82, 2.24) is 19.7 Å². The Bertz CT molecular complexity index is 489. The molecule has 0 N–H and O–H groups in total. The Labute approximate surface area is 129 Å². The fraction of sp³-hybridized carbons (Fsp3) is 0.643. The minimum atomic E-state index is -0.176. The van der Waals surface area contributed by atoms with Crippen LogP contribution in [0.3, 0.4) is 0 Å². The van der Waals surface area contributed by atoms with Crippen molar-refractivity contribution in [3.05, 3.63) is 16.6 Å². The van der Waals surface area contributed by atoms with Gasteiger partial charge in [-0.1, -0.05) is 0 Å². The summed E-state index contributed by atoms with van der Waals surface area (Å²) in [5, 5.41) is 2.02. The molecule has 1 atom stereocenters. The molecule has 2 heterocycles. The summed E-state index contributed by atoms with van der Waals surface area (Å²) >= 11 is 1.57. The van der Waals surface area contributed by atoms with Crippen LogP contribution in [-0.4, -0.2) is 71.8 Å². The summed E-state index contributed by atoms with van der Waals surface area (Å²) in [7, 11) is 3.52. The second-order valence-corrected chi connectivity index (χ2v) is 6.33. The van der Waals surface area contributed by atoms with Gasteiger partial charge in [0.1, 0.15) is 0 Å². The van der Waals surface area contributed by atoms with Crippen LogP contribution in [0.5, 0.6) is 0 Å². The summed E-state index contributed by atoms with van der Waals surface area (Å²) in [6.07, 6.45) is 0. The van der Waals surface area contributed by atoms with Crippen molar-refractivity contribution < 1.29 is 9.59 Å². The molecule has 116 valence electrons. The Hall–Kier alpha value is -1.47. The zero-order valence-electron chi connectivity index (χ0n) is 12.8. The van der Waals surface area contributed by atoms with E-state index in [4.69, 9.17) is 0 Å². The molecule has 1 aromatic rings. The van der Waals surface area contributed by atoms with E-state index >= 15 is 0 Å². The second kappa shape index (κ2) is 7.00. The molecule has 0 bridgehead atoms. The van der Waals surface area contributed by atoms with Crippen molar-refractivity contribution in [1.29, 1.82) is 0 Å². The van der Waals surface area contributed by atoms with E-state index in [0.717, 1.165) is 18.8 Å². The van der Waals surface area contributed by atoms with E-state index in [1.807, 2.05) is 10.9 Å². The molecular weight excluding hydrogens is 288 g/mol. The number of carbonyl (C=O) groups excluding carboxylic acids is 2. The molecule has 1 aliphatic rings. The van der Waals surface area contributed by atoms with Gasteiger partial charge >= 0.3 is 0 Å². The first-order valence-electron chi connectivity index (χ1n) is 7.03. The van der Waals surface area contributed by atoms with Crippen molar-refractivity contribution >= 4 is 23.2 Å². The molecule has 2 amide bonds. The largest absolute Gasteiger partial charge is 0.348 e. The number of amides is 2. The number of carbonyl (C=O) groups is 2. The zero-order chi connectivity index (χ0) is 15.4. The minimum Gasteiger partial charge on any atom is -0.348 e. The minimum absolute atomic E-state index is 0.0297. The third-order valence-electron chi connectivity index (χ3n) is 3.71. The summed E-state index contributed by atoms with van der Waals surface area (Å²) in [4.78, 5) is 33.9. The maximum atomic E-state index is 12.3. The van der Waals surface area contributed by atoms with E-state index in [2.05, 4.69) is 9.88 Å². The summed E-state index contributed by atoms with van der Waals surface area (Å²) in [5.74, 6) is -0.0708. The zero-order valence-corrected chi connectivity index (χ0v) is 13.6. The maximum absolute atomic E-state index is 12.3. The highest BCUT2D eigenvalue weighted by Crippen LogP contribution is 2.15. The Morgan fingerprint density at radius 2 is 2.14 bits per heavy atom. The van der Waals surface area contributed by atoms with E-state index in [1.54, 1.807) is 42.2 Å². The first-order chi connectivity index (χ1) is 9.97. The van der Waals surface area contributed by atoms with Gasteiger partial charge in [0.25, 0.3) is 0 Å². The van der Waals surface area contributed by atoms with Crippen LogP contribution in [0.25, 0.3) is 0 Å². The number of thiazole rings is 1. The molecular formula is C14H22N4O2S. The molecule has 1 saturated heterocycles. The van der Waals surface area contributed by atoms with E-state index in [-0.39, 0.29) is 17.7 Å². The molecule has 1 fully saturated rings. The molecule has 0 saturated carbocycles. The third-order valence-corrected chi connectivity index (χ3v) is 4.35. The van der Waals surface area contributed by atoms with Crippen LogP contribution in [-0.2, 0) is 16.1 Å². The van der Waals surface area contributed by atoms with Gasteiger partial charge in [0, 0.05) is 59.1 Å². The lowest BCUT2D eigenvalue weighted by atomic mass is 10.1. The fourth-order valence-electron chi connectivity index (χ4n) is 2.58. The predicted octanol–water partition coefficient (Wildman–Crippen LogP) is 0.512. The normalized spacial score (nSPS) is 20.1. The van der Waals surface area contributed by atoms with E-state index in [0.29, 0.717) is 19.6 Å². The van der Waals surface area contributed by atoms with Crippen LogP contribution in [0, 0.1) is 5.92 Å². The van der Waals surface area contributed by atoms with Crippen LogP contribution >= 0.6 is 11.3 Å². The van der Waals surface area contributed by atoms with Gasteiger partial charge in [-0.3, -0.25) is 14.5 Å². The molecule has 0 radical (unpaired) electrons. The van der Waals surface area contributed by atoms with E-state index in [9.17, 15) is 9.59 Å². The molecule has 0 spiro atoms. The highest BCUT2D eigenvalue weighted by atomic mass is 32.1. The highest BCUT2D eigenvalue weighted by molar-refractivity contribution is 7.07. The lowest BCUT2D eigenvalue weighted by Crippen LogP contribution is -2.41. The van der Waals surface area contributed by atoms with Gasteiger partial charge in [0.2, 0.25) is 11.8 Å². The quantitative estimate of drug-likeness (QED) is 0.816. The Morgan fingerprint density at radius 3 is 2.71 bits per heavy atom. The molecule has 7 heteroatoms. The van der Waals surface area contributed by atoms with Crippen molar-refractivity contribution in [2.24, 2.45) is 5.92 Å². The van der Waals surface area contributed by atoms with Gasteiger partial charge in [0.15, 0.2) is 0 Å². The number of rotatable bonds is 3. The summed E-state index contributed by atoms with van der Waals surface area (Å²) in [6, 6.07) is 0. The topological polar surface area (TPSA) is 56.8 Å².